The zero-order valence-electron chi connectivity index (χ0n) is 10.8. The van der Waals surface area contributed by atoms with Crippen LogP contribution in [0.15, 0.2) is 30.3 Å². The lowest BCUT2D eigenvalue weighted by Gasteiger charge is -2.17. The Morgan fingerprint density at radius 2 is 1.94 bits per heavy atom. The quantitative estimate of drug-likeness (QED) is 0.715. The van der Waals surface area contributed by atoms with Crippen LogP contribution in [0.4, 0.5) is 0 Å². The number of nitrogens with one attached hydrogen (secondary N) is 1. The largest absolute Gasteiger partial charge is 0.494 e. The fourth-order valence-corrected chi connectivity index (χ4v) is 1.63. The van der Waals surface area contributed by atoms with E-state index in [2.05, 4.69) is 12.2 Å². The Morgan fingerprint density at radius 3 is 2.59 bits per heavy atom. The van der Waals surface area contributed by atoms with Crippen molar-refractivity contribution in [1.82, 2.24) is 5.32 Å². The minimum atomic E-state index is 0.378. The summed E-state index contributed by atoms with van der Waals surface area (Å²) in [5, 5.41) is 3.40. The van der Waals surface area contributed by atoms with Crippen LogP contribution in [0.3, 0.4) is 0 Å². The third-order valence-electron chi connectivity index (χ3n) is 2.49. The molecule has 17 heavy (non-hydrogen) atoms. The van der Waals surface area contributed by atoms with Gasteiger partial charge in [0.05, 0.1) is 13.2 Å². The van der Waals surface area contributed by atoms with Gasteiger partial charge in [0.2, 0.25) is 0 Å². The van der Waals surface area contributed by atoms with Crippen molar-refractivity contribution in [3.63, 3.8) is 0 Å². The third-order valence-corrected chi connectivity index (χ3v) is 2.49. The summed E-state index contributed by atoms with van der Waals surface area (Å²) in [5.74, 6) is 0.930. The molecule has 0 bridgehead atoms. The molecule has 1 rings (SSSR count). The molecule has 0 fully saturated rings. The Kier molecular flexibility index (Phi) is 7.43. The van der Waals surface area contributed by atoms with Crippen molar-refractivity contribution in [3.05, 3.63) is 30.3 Å². The van der Waals surface area contributed by atoms with E-state index in [1.807, 2.05) is 37.3 Å². The SMILES string of the molecule is CCNC(CCOc1ccccc1)COCC. The molecule has 0 aromatic heterocycles. The Balaban J connectivity index is 2.22. The average molecular weight is 237 g/mol. The van der Waals surface area contributed by atoms with Crippen molar-refractivity contribution < 1.29 is 9.47 Å². The summed E-state index contributed by atoms with van der Waals surface area (Å²) in [6, 6.07) is 10.3. The first kappa shape index (κ1) is 14.0. The summed E-state index contributed by atoms with van der Waals surface area (Å²) in [6.45, 7) is 7.32. The Morgan fingerprint density at radius 1 is 1.18 bits per heavy atom. The fraction of sp³-hybridized carbons (Fsp3) is 0.571. The van der Waals surface area contributed by atoms with Crippen LogP contribution in [-0.2, 0) is 4.74 Å². The van der Waals surface area contributed by atoms with Gasteiger partial charge in [0.15, 0.2) is 0 Å². The normalized spacial score (nSPS) is 12.4. The van der Waals surface area contributed by atoms with Gasteiger partial charge in [-0.2, -0.15) is 0 Å². The van der Waals surface area contributed by atoms with E-state index in [0.29, 0.717) is 6.04 Å². The molecule has 0 saturated heterocycles. The highest BCUT2D eigenvalue weighted by atomic mass is 16.5. The van der Waals surface area contributed by atoms with Crippen LogP contribution < -0.4 is 10.1 Å². The molecule has 0 aliphatic carbocycles. The van der Waals surface area contributed by atoms with Gasteiger partial charge in [0, 0.05) is 12.6 Å². The van der Waals surface area contributed by atoms with Crippen LogP contribution in [0.1, 0.15) is 20.3 Å². The number of likely N-dealkylation sites (N-methyl/N-ethyl adjacent to an activating group) is 1. The van der Waals surface area contributed by atoms with Gasteiger partial charge < -0.3 is 14.8 Å². The molecule has 0 saturated carbocycles. The van der Waals surface area contributed by atoms with Crippen molar-refractivity contribution in [1.29, 1.82) is 0 Å². The monoisotopic (exact) mass is 237 g/mol. The molecule has 0 amide bonds. The van der Waals surface area contributed by atoms with Crippen LogP contribution in [0.2, 0.25) is 0 Å². The fourth-order valence-electron chi connectivity index (χ4n) is 1.63. The zero-order valence-corrected chi connectivity index (χ0v) is 10.8. The molecule has 0 heterocycles. The van der Waals surface area contributed by atoms with Gasteiger partial charge in [-0.1, -0.05) is 25.1 Å². The molecule has 1 aromatic rings. The number of ether oxygens (including phenoxy) is 2. The topological polar surface area (TPSA) is 30.5 Å². The molecule has 0 aliphatic heterocycles. The average Bonchev–Trinajstić information content (AvgIpc) is 2.37. The van der Waals surface area contributed by atoms with Gasteiger partial charge in [-0.15, -0.1) is 0 Å². The maximum absolute atomic E-state index is 5.67. The van der Waals surface area contributed by atoms with Gasteiger partial charge in [-0.3, -0.25) is 0 Å². The number of para-hydroxylation sites is 1. The molecule has 0 spiro atoms. The van der Waals surface area contributed by atoms with Crippen LogP contribution in [0.25, 0.3) is 0 Å². The summed E-state index contributed by atoms with van der Waals surface area (Å²) in [4.78, 5) is 0. The van der Waals surface area contributed by atoms with Gasteiger partial charge in [-0.25, -0.2) is 0 Å². The maximum Gasteiger partial charge on any atom is 0.119 e. The van der Waals surface area contributed by atoms with E-state index in [4.69, 9.17) is 9.47 Å². The lowest BCUT2D eigenvalue weighted by molar-refractivity contribution is 0.114. The van der Waals surface area contributed by atoms with E-state index in [1.54, 1.807) is 0 Å². The molecule has 1 unspecified atom stereocenters. The molecule has 0 radical (unpaired) electrons. The molecule has 96 valence electrons. The number of benzene rings is 1. The molecule has 3 heteroatoms. The lowest BCUT2D eigenvalue weighted by Crippen LogP contribution is -2.34. The number of hydrogen-bond donors (Lipinski definition) is 1. The first-order chi connectivity index (χ1) is 8.36. The van der Waals surface area contributed by atoms with Crippen LogP contribution in [0, 0.1) is 0 Å². The minimum Gasteiger partial charge on any atom is -0.494 e. The summed E-state index contributed by atoms with van der Waals surface area (Å²) in [7, 11) is 0. The highest BCUT2D eigenvalue weighted by Crippen LogP contribution is 2.08. The van der Waals surface area contributed by atoms with Gasteiger partial charge >= 0.3 is 0 Å². The molecular formula is C14H23NO2. The molecule has 1 aromatic carbocycles. The van der Waals surface area contributed by atoms with Crippen LogP contribution in [0.5, 0.6) is 5.75 Å². The van der Waals surface area contributed by atoms with Gasteiger partial charge in [-0.05, 0) is 32.0 Å². The van der Waals surface area contributed by atoms with E-state index in [-0.39, 0.29) is 0 Å². The molecular weight excluding hydrogens is 214 g/mol. The predicted molar refractivity (Wildman–Crippen MR) is 70.5 cm³/mol. The van der Waals surface area contributed by atoms with Crippen molar-refractivity contribution in [3.8, 4) is 5.75 Å². The highest BCUT2D eigenvalue weighted by Gasteiger charge is 2.07. The minimum absolute atomic E-state index is 0.378. The lowest BCUT2D eigenvalue weighted by atomic mass is 10.2. The second-order valence-corrected chi connectivity index (χ2v) is 3.86. The van der Waals surface area contributed by atoms with Crippen molar-refractivity contribution >= 4 is 0 Å². The van der Waals surface area contributed by atoms with E-state index < -0.39 is 0 Å². The highest BCUT2D eigenvalue weighted by molar-refractivity contribution is 5.20. The van der Waals surface area contributed by atoms with Crippen molar-refractivity contribution in [2.75, 3.05) is 26.4 Å². The number of hydrogen-bond acceptors (Lipinski definition) is 3. The smallest absolute Gasteiger partial charge is 0.119 e. The van der Waals surface area contributed by atoms with E-state index >= 15 is 0 Å². The standard InChI is InChI=1S/C14H23NO2/c1-3-15-13(12-16-4-2)10-11-17-14-8-6-5-7-9-14/h5-9,13,15H,3-4,10-12H2,1-2H3. The molecule has 1 atom stereocenters. The van der Waals surface area contributed by atoms with E-state index in [0.717, 1.165) is 38.5 Å². The zero-order chi connectivity index (χ0) is 12.3. The van der Waals surface area contributed by atoms with Gasteiger partial charge in [0.1, 0.15) is 5.75 Å². The third kappa shape index (κ3) is 6.29. The predicted octanol–water partition coefficient (Wildman–Crippen LogP) is 2.47. The maximum atomic E-state index is 5.67. The Labute approximate surface area is 104 Å². The number of rotatable bonds is 9. The molecule has 0 aliphatic rings. The summed E-state index contributed by atoms with van der Waals surface area (Å²) >= 11 is 0. The summed E-state index contributed by atoms with van der Waals surface area (Å²) < 4.78 is 11.1. The second-order valence-electron chi connectivity index (χ2n) is 3.86. The van der Waals surface area contributed by atoms with Crippen LogP contribution >= 0.6 is 0 Å². The second kappa shape index (κ2) is 9.02. The van der Waals surface area contributed by atoms with E-state index in [1.165, 1.54) is 0 Å². The molecule has 3 nitrogen and oxygen atoms in total. The Bertz CT molecular complexity index is 277. The Hall–Kier alpha value is -1.06. The van der Waals surface area contributed by atoms with E-state index in [9.17, 15) is 0 Å². The molecule has 1 N–H and O–H groups in total. The summed E-state index contributed by atoms with van der Waals surface area (Å²) in [5.41, 5.74) is 0. The first-order valence-electron chi connectivity index (χ1n) is 6.35. The summed E-state index contributed by atoms with van der Waals surface area (Å²) in [6.07, 6.45) is 0.961. The van der Waals surface area contributed by atoms with Crippen LogP contribution in [-0.4, -0.2) is 32.4 Å². The first-order valence-corrected chi connectivity index (χ1v) is 6.35. The van der Waals surface area contributed by atoms with Crippen molar-refractivity contribution in [2.24, 2.45) is 0 Å². The van der Waals surface area contributed by atoms with Gasteiger partial charge in [0.25, 0.3) is 0 Å². The van der Waals surface area contributed by atoms with Crippen molar-refractivity contribution in [2.45, 2.75) is 26.3 Å².